The van der Waals surface area contributed by atoms with Gasteiger partial charge in [-0.15, -0.1) is 13.2 Å². The van der Waals surface area contributed by atoms with Gasteiger partial charge in [-0.3, -0.25) is 4.79 Å². The Morgan fingerprint density at radius 1 is 1.04 bits per heavy atom. The zero-order valence-corrected chi connectivity index (χ0v) is 13.5. The summed E-state index contributed by atoms with van der Waals surface area (Å²) in [6.07, 6.45) is -2.25. The van der Waals surface area contributed by atoms with Gasteiger partial charge in [-0.2, -0.15) is 0 Å². The van der Waals surface area contributed by atoms with Gasteiger partial charge in [0.1, 0.15) is 5.75 Å². The second-order valence-corrected chi connectivity index (χ2v) is 5.31. The number of aromatic nitrogens is 3. The van der Waals surface area contributed by atoms with E-state index in [9.17, 15) is 18.0 Å². The third kappa shape index (κ3) is 4.31. The van der Waals surface area contributed by atoms with Crippen molar-refractivity contribution in [3.05, 3.63) is 70.2 Å². The van der Waals surface area contributed by atoms with Crippen molar-refractivity contribution in [3.8, 4) is 23.3 Å². The SMILES string of the molecule is O=c1cccc(Oc2ncc(Cl)cn2)n1-c1cccc(OC(F)(F)F)c1. The van der Waals surface area contributed by atoms with Gasteiger partial charge in [0.05, 0.1) is 23.1 Å². The summed E-state index contributed by atoms with van der Waals surface area (Å²) in [5, 5.41) is 0.291. The molecule has 0 fully saturated rings. The molecule has 6 nitrogen and oxygen atoms in total. The Hall–Kier alpha value is -3.07. The van der Waals surface area contributed by atoms with Crippen LogP contribution in [0.2, 0.25) is 5.02 Å². The molecule has 0 bridgehead atoms. The highest BCUT2D eigenvalue weighted by atomic mass is 35.5. The summed E-state index contributed by atoms with van der Waals surface area (Å²) in [5.41, 5.74) is -0.415. The first-order valence-electron chi connectivity index (χ1n) is 7.05. The van der Waals surface area contributed by atoms with E-state index in [4.69, 9.17) is 16.3 Å². The highest BCUT2D eigenvalue weighted by Crippen LogP contribution is 2.26. The fraction of sp³-hybridized carbons (Fsp3) is 0.0625. The highest BCUT2D eigenvalue weighted by Gasteiger charge is 2.31. The third-order valence-corrected chi connectivity index (χ3v) is 3.22. The van der Waals surface area contributed by atoms with Crippen molar-refractivity contribution >= 4 is 11.6 Å². The first-order chi connectivity index (χ1) is 12.3. The van der Waals surface area contributed by atoms with Gasteiger partial charge in [-0.25, -0.2) is 14.5 Å². The topological polar surface area (TPSA) is 66.2 Å². The van der Waals surface area contributed by atoms with Gasteiger partial charge in [-0.1, -0.05) is 23.7 Å². The maximum absolute atomic E-state index is 12.4. The molecule has 0 saturated heterocycles. The van der Waals surface area contributed by atoms with Crippen LogP contribution < -0.4 is 15.0 Å². The van der Waals surface area contributed by atoms with Crippen LogP contribution in [-0.4, -0.2) is 20.9 Å². The van der Waals surface area contributed by atoms with Gasteiger partial charge in [0.25, 0.3) is 5.56 Å². The van der Waals surface area contributed by atoms with E-state index >= 15 is 0 Å². The van der Waals surface area contributed by atoms with Crippen LogP contribution in [0.5, 0.6) is 17.6 Å². The quantitative estimate of drug-likeness (QED) is 0.682. The summed E-state index contributed by atoms with van der Waals surface area (Å²) in [7, 11) is 0. The van der Waals surface area contributed by atoms with Gasteiger partial charge in [0.15, 0.2) is 0 Å². The molecule has 0 spiro atoms. The molecular weight excluding hydrogens is 375 g/mol. The molecule has 26 heavy (non-hydrogen) atoms. The maximum atomic E-state index is 12.4. The molecule has 134 valence electrons. The van der Waals surface area contributed by atoms with Crippen molar-refractivity contribution in [1.29, 1.82) is 0 Å². The summed E-state index contributed by atoms with van der Waals surface area (Å²) in [6, 6.07) is 8.94. The minimum absolute atomic E-state index is 0.00369. The van der Waals surface area contributed by atoms with Gasteiger partial charge >= 0.3 is 12.4 Å². The molecule has 1 aromatic carbocycles. The monoisotopic (exact) mass is 383 g/mol. The first-order valence-corrected chi connectivity index (χ1v) is 7.43. The maximum Gasteiger partial charge on any atom is 0.573 e. The Kier molecular flexibility index (Phi) is 4.81. The average Bonchev–Trinajstić information content (AvgIpc) is 2.56. The largest absolute Gasteiger partial charge is 0.573 e. The lowest BCUT2D eigenvalue weighted by molar-refractivity contribution is -0.274. The molecule has 0 saturated carbocycles. The molecule has 2 aromatic heterocycles. The number of benzene rings is 1. The smallest absolute Gasteiger partial charge is 0.407 e. The molecule has 0 aliphatic heterocycles. The highest BCUT2D eigenvalue weighted by molar-refractivity contribution is 6.30. The van der Waals surface area contributed by atoms with Crippen LogP contribution in [0.1, 0.15) is 0 Å². The standard InChI is InChI=1S/C16H9ClF3N3O3/c17-10-8-21-15(22-9-10)25-14-6-2-5-13(24)23(14)11-3-1-4-12(7-11)26-16(18,19)20/h1-9H. The van der Waals surface area contributed by atoms with Crippen LogP contribution in [0, 0.1) is 0 Å². The molecule has 2 heterocycles. The van der Waals surface area contributed by atoms with Crippen molar-refractivity contribution in [3.63, 3.8) is 0 Å². The van der Waals surface area contributed by atoms with E-state index in [2.05, 4.69) is 14.7 Å². The number of nitrogens with zero attached hydrogens (tertiary/aromatic N) is 3. The Bertz CT molecular complexity index is 975. The van der Waals surface area contributed by atoms with Crippen LogP contribution in [-0.2, 0) is 0 Å². The van der Waals surface area contributed by atoms with E-state index in [0.29, 0.717) is 5.02 Å². The van der Waals surface area contributed by atoms with E-state index in [0.717, 1.165) is 16.7 Å². The van der Waals surface area contributed by atoms with Crippen LogP contribution in [0.3, 0.4) is 0 Å². The lowest BCUT2D eigenvalue weighted by atomic mass is 10.3. The van der Waals surface area contributed by atoms with Crippen molar-refractivity contribution in [2.75, 3.05) is 0 Å². The van der Waals surface area contributed by atoms with E-state index in [1.54, 1.807) is 0 Å². The number of ether oxygens (including phenoxy) is 2. The summed E-state index contributed by atoms with van der Waals surface area (Å²) >= 11 is 5.70. The molecule has 3 aromatic rings. The average molecular weight is 384 g/mol. The molecule has 0 unspecified atom stereocenters. The Morgan fingerprint density at radius 3 is 2.42 bits per heavy atom. The molecular formula is C16H9ClF3N3O3. The minimum Gasteiger partial charge on any atom is -0.407 e. The molecule has 0 atom stereocenters. The molecule has 0 amide bonds. The van der Waals surface area contributed by atoms with E-state index in [-0.39, 0.29) is 17.6 Å². The lowest BCUT2D eigenvalue weighted by Gasteiger charge is -2.14. The first kappa shape index (κ1) is 17.7. The predicted octanol–water partition coefficient (Wildman–Crippen LogP) is 3.97. The fourth-order valence-corrected chi connectivity index (χ4v) is 2.17. The molecule has 3 rings (SSSR count). The van der Waals surface area contributed by atoms with Crippen molar-refractivity contribution in [2.24, 2.45) is 0 Å². The van der Waals surface area contributed by atoms with Crippen LogP contribution in [0.15, 0.2) is 59.7 Å². The Morgan fingerprint density at radius 2 is 1.73 bits per heavy atom. The normalized spacial score (nSPS) is 11.2. The van der Waals surface area contributed by atoms with Crippen molar-refractivity contribution in [1.82, 2.24) is 14.5 Å². The molecule has 0 aliphatic carbocycles. The van der Waals surface area contributed by atoms with E-state index in [1.165, 1.54) is 42.7 Å². The Balaban J connectivity index is 2.01. The number of pyridine rings is 1. The number of alkyl halides is 3. The van der Waals surface area contributed by atoms with Gasteiger partial charge in [0, 0.05) is 12.1 Å². The van der Waals surface area contributed by atoms with E-state index in [1.807, 2.05) is 0 Å². The molecule has 10 heteroatoms. The van der Waals surface area contributed by atoms with Crippen molar-refractivity contribution < 1.29 is 22.6 Å². The molecule has 0 N–H and O–H groups in total. The zero-order chi connectivity index (χ0) is 18.7. The lowest BCUT2D eigenvalue weighted by Crippen LogP contribution is -2.20. The summed E-state index contributed by atoms with van der Waals surface area (Å²) in [4.78, 5) is 19.9. The second-order valence-electron chi connectivity index (χ2n) is 4.87. The van der Waals surface area contributed by atoms with Crippen LogP contribution in [0.4, 0.5) is 13.2 Å². The van der Waals surface area contributed by atoms with Gasteiger partial charge < -0.3 is 9.47 Å². The number of hydrogen-bond acceptors (Lipinski definition) is 5. The number of hydrogen-bond donors (Lipinski definition) is 0. The minimum atomic E-state index is -4.85. The summed E-state index contributed by atoms with van der Waals surface area (Å²) in [6.45, 7) is 0. The van der Waals surface area contributed by atoms with E-state index < -0.39 is 17.7 Å². The fourth-order valence-electron chi connectivity index (χ4n) is 2.07. The molecule has 0 radical (unpaired) electrons. The van der Waals surface area contributed by atoms with Crippen LogP contribution in [0.25, 0.3) is 5.69 Å². The zero-order valence-electron chi connectivity index (χ0n) is 12.8. The summed E-state index contributed by atoms with van der Waals surface area (Å²) in [5.74, 6) is -0.469. The van der Waals surface area contributed by atoms with Crippen LogP contribution >= 0.6 is 11.6 Å². The Labute approximate surface area is 149 Å². The molecule has 0 aliphatic rings. The number of halogens is 4. The third-order valence-electron chi connectivity index (χ3n) is 3.02. The summed E-state index contributed by atoms with van der Waals surface area (Å²) < 4.78 is 47.6. The van der Waals surface area contributed by atoms with Gasteiger partial charge in [0.2, 0.25) is 5.88 Å². The second kappa shape index (κ2) is 7.04. The van der Waals surface area contributed by atoms with Gasteiger partial charge in [-0.05, 0) is 18.2 Å². The number of rotatable bonds is 4. The predicted molar refractivity (Wildman–Crippen MR) is 85.8 cm³/mol. The van der Waals surface area contributed by atoms with Crippen molar-refractivity contribution in [2.45, 2.75) is 6.36 Å².